The van der Waals surface area contributed by atoms with Gasteiger partial charge in [-0.2, -0.15) is 0 Å². The molecular weight excluding hydrogens is 212 g/mol. The molecule has 0 aromatic rings. The van der Waals surface area contributed by atoms with Crippen LogP contribution in [0.1, 0.15) is 53.9 Å². The Hall–Kier alpha value is -0.570. The first-order valence-corrected chi connectivity index (χ1v) is 6.74. The van der Waals surface area contributed by atoms with Crippen LogP contribution in [0, 0.1) is 17.3 Å². The van der Waals surface area contributed by atoms with Crippen LogP contribution < -0.4 is 11.1 Å². The van der Waals surface area contributed by atoms with Crippen molar-refractivity contribution in [3.8, 4) is 0 Å². The maximum Gasteiger partial charge on any atom is 0.224 e. The van der Waals surface area contributed by atoms with Crippen molar-refractivity contribution in [1.29, 1.82) is 0 Å². The average Bonchev–Trinajstić information content (AvgIpc) is 2.19. The molecule has 0 aliphatic heterocycles. The van der Waals surface area contributed by atoms with Crippen molar-refractivity contribution in [2.75, 3.05) is 13.1 Å². The van der Waals surface area contributed by atoms with Crippen LogP contribution in [0.15, 0.2) is 0 Å². The zero-order chi connectivity index (χ0) is 13.5. The summed E-state index contributed by atoms with van der Waals surface area (Å²) < 4.78 is 0. The minimum Gasteiger partial charge on any atom is -0.356 e. The fraction of sp³-hybridized carbons (Fsp3) is 0.929. The Kier molecular flexibility index (Phi) is 7.44. The van der Waals surface area contributed by atoms with E-state index in [-0.39, 0.29) is 17.2 Å². The van der Waals surface area contributed by atoms with E-state index in [0.29, 0.717) is 12.5 Å². The first kappa shape index (κ1) is 16.4. The zero-order valence-electron chi connectivity index (χ0n) is 12.2. The van der Waals surface area contributed by atoms with Gasteiger partial charge in [-0.1, -0.05) is 34.6 Å². The maximum absolute atomic E-state index is 11.9. The van der Waals surface area contributed by atoms with Crippen molar-refractivity contribution in [3.05, 3.63) is 0 Å². The van der Waals surface area contributed by atoms with Gasteiger partial charge in [-0.15, -0.1) is 0 Å². The predicted octanol–water partition coefficient (Wildman–Crippen LogP) is 2.55. The van der Waals surface area contributed by atoms with Gasteiger partial charge in [0.05, 0.1) is 5.92 Å². The van der Waals surface area contributed by atoms with Crippen LogP contribution in [0.5, 0.6) is 0 Å². The van der Waals surface area contributed by atoms with E-state index in [1.165, 1.54) is 0 Å². The van der Waals surface area contributed by atoms with Crippen molar-refractivity contribution < 1.29 is 4.79 Å². The van der Waals surface area contributed by atoms with Crippen LogP contribution in [0.4, 0.5) is 0 Å². The van der Waals surface area contributed by atoms with Crippen LogP contribution in [-0.4, -0.2) is 19.0 Å². The lowest BCUT2D eigenvalue weighted by Crippen LogP contribution is -2.37. The van der Waals surface area contributed by atoms with Gasteiger partial charge in [-0.3, -0.25) is 4.79 Å². The Bertz CT molecular complexity index is 219. The molecule has 17 heavy (non-hydrogen) atoms. The molecule has 102 valence electrons. The Morgan fingerprint density at radius 3 is 2.29 bits per heavy atom. The first-order valence-electron chi connectivity index (χ1n) is 6.74. The number of nitrogens with one attached hydrogen (secondary N) is 1. The van der Waals surface area contributed by atoms with Crippen molar-refractivity contribution in [3.63, 3.8) is 0 Å². The number of nitrogens with two attached hydrogens (primary N) is 1. The summed E-state index contributed by atoms with van der Waals surface area (Å²) in [7, 11) is 0. The second kappa shape index (κ2) is 7.70. The van der Waals surface area contributed by atoms with Gasteiger partial charge in [0.25, 0.3) is 0 Å². The summed E-state index contributed by atoms with van der Waals surface area (Å²) in [5.74, 6) is 0.770. The molecule has 3 N–H and O–H groups in total. The smallest absolute Gasteiger partial charge is 0.224 e. The van der Waals surface area contributed by atoms with Gasteiger partial charge in [0.15, 0.2) is 0 Å². The number of carbonyl (C=O) groups excluding carboxylic acids is 1. The molecule has 0 aliphatic carbocycles. The second-order valence-electron chi connectivity index (χ2n) is 6.52. The molecule has 3 heteroatoms. The van der Waals surface area contributed by atoms with Crippen molar-refractivity contribution in [2.45, 2.75) is 53.9 Å². The Labute approximate surface area is 107 Å². The zero-order valence-corrected chi connectivity index (χ0v) is 12.2. The molecule has 0 radical (unpaired) electrons. The quantitative estimate of drug-likeness (QED) is 0.674. The summed E-state index contributed by atoms with van der Waals surface area (Å²) in [6, 6.07) is 0. The average molecular weight is 242 g/mol. The molecule has 0 heterocycles. The molecular formula is C14H30N2O. The lowest BCUT2D eigenvalue weighted by atomic mass is 9.84. The normalized spacial score (nSPS) is 13.8. The summed E-state index contributed by atoms with van der Waals surface area (Å²) in [5, 5.41) is 2.99. The van der Waals surface area contributed by atoms with E-state index in [1.54, 1.807) is 0 Å². The van der Waals surface area contributed by atoms with Gasteiger partial charge < -0.3 is 11.1 Å². The standard InChI is InChI=1S/C14H30N2O/c1-11(2)7-6-8-16-13(17)12(10-15)9-14(3,4)5/h11-12H,6-10,15H2,1-5H3,(H,16,17). The minimum atomic E-state index is -0.0472. The third-order valence-corrected chi connectivity index (χ3v) is 2.77. The molecule has 0 spiro atoms. The minimum absolute atomic E-state index is 0.0472. The van der Waals surface area contributed by atoms with Crippen LogP contribution in [-0.2, 0) is 4.79 Å². The molecule has 0 saturated heterocycles. The predicted molar refractivity (Wildman–Crippen MR) is 73.7 cm³/mol. The van der Waals surface area contributed by atoms with Crippen LogP contribution in [0.2, 0.25) is 0 Å². The fourth-order valence-corrected chi connectivity index (χ4v) is 1.89. The molecule has 0 bridgehead atoms. The highest BCUT2D eigenvalue weighted by atomic mass is 16.1. The number of amides is 1. The third-order valence-electron chi connectivity index (χ3n) is 2.77. The Balaban J connectivity index is 3.93. The highest BCUT2D eigenvalue weighted by Gasteiger charge is 2.23. The lowest BCUT2D eigenvalue weighted by Gasteiger charge is -2.24. The molecule has 0 rings (SSSR count). The largest absolute Gasteiger partial charge is 0.356 e. The topological polar surface area (TPSA) is 55.1 Å². The second-order valence-corrected chi connectivity index (χ2v) is 6.52. The number of carbonyl (C=O) groups is 1. The number of rotatable bonds is 7. The molecule has 0 aliphatic rings. The molecule has 1 amide bonds. The lowest BCUT2D eigenvalue weighted by molar-refractivity contribution is -0.125. The van der Waals surface area contributed by atoms with Crippen LogP contribution in [0.3, 0.4) is 0 Å². The van der Waals surface area contributed by atoms with E-state index in [0.717, 1.165) is 25.8 Å². The molecule has 1 atom stereocenters. The van der Waals surface area contributed by atoms with E-state index >= 15 is 0 Å². The summed E-state index contributed by atoms with van der Waals surface area (Å²) in [5.41, 5.74) is 5.82. The number of hydrogen-bond donors (Lipinski definition) is 2. The summed E-state index contributed by atoms with van der Waals surface area (Å²) >= 11 is 0. The first-order chi connectivity index (χ1) is 7.76. The Morgan fingerprint density at radius 2 is 1.88 bits per heavy atom. The van der Waals surface area contributed by atoms with Gasteiger partial charge >= 0.3 is 0 Å². The van der Waals surface area contributed by atoms with Gasteiger partial charge in [-0.05, 0) is 30.6 Å². The SMILES string of the molecule is CC(C)CCCNC(=O)C(CN)CC(C)(C)C. The third kappa shape index (κ3) is 9.16. The summed E-state index contributed by atoms with van der Waals surface area (Å²) in [6.07, 6.45) is 3.06. The number of hydrogen-bond acceptors (Lipinski definition) is 2. The highest BCUT2D eigenvalue weighted by molar-refractivity contribution is 5.78. The van der Waals surface area contributed by atoms with Gasteiger partial charge in [0.2, 0.25) is 5.91 Å². The van der Waals surface area contributed by atoms with Gasteiger partial charge in [-0.25, -0.2) is 0 Å². The molecule has 0 aromatic carbocycles. The van der Waals surface area contributed by atoms with Gasteiger partial charge in [0.1, 0.15) is 0 Å². The maximum atomic E-state index is 11.9. The summed E-state index contributed by atoms with van der Waals surface area (Å²) in [4.78, 5) is 11.9. The van der Waals surface area contributed by atoms with Crippen molar-refractivity contribution in [1.82, 2.24) is 5.32 Å². The van der Waals surface area contributed by atoms with E-state index in [9.17, 15) is 4.79 Å². The monoisotopic (exact) mass is 242 g/mol. The highest BCUT2D eigenvalue weighted by Crippen LogP contribution is 2.23. The van der Waals surface area contributed by atoms with E-state index in [2.05, 4.69) is 39.9 Å². The molecule has 0 fully saturated rings. The van der Waals surface area contributed by atoms with E-state index in [1.807, 2.05) is 0 Å². The van der Waals surface area contributed by atoms with Crippen molar-refractivity contribution in [2.24, 2.45) is 23.0 Å². The molecule has 0 aromatic heterocycles. The Morgan fingerprint density at radius 1 is 1.29 bits per heavy atom. The van der Waals surface area contributed by atoms with Gasteiger partial charge in [0, 0.05) is 13.1 Å². The summed E-state index contributed by atoms with van der Waals surface area (Å²) in [6.45, 7) is 12.0. The van der Waals surface area contributed by atoms with Crippen LogP contribution >= 0.6 is 0 Å². The molecule has 1 unspecified atom stereocenters. The van der Waals surface area contributed by atoms with E-state index < -0.39 is 0 Å². The molecule has 0 saturated carbocycles. The van der Waals surface area contributed by atoms with Crippen molar-refractivity contribution >= 4 is 5.91 Å². The van der Waals surface area contributed by atoms with Crippen LogP contribution in [0.25, 0.3) is 0 Å². The molecule has 3 nitrogen and oxygen atoms in total. The fourth-order valence-electron chi connectivity index (χ4n) is 1.89. The van der Waals surface area contributed by atoms with E-state index in [4.69, 9.17) is 5.73 Å².